The van der Waals surface area contributed by atoms with Crippen LogP contribution < -0.4 is 4.74 Å². The van der Waals surface area contributed by atoms with E-state index in [1.165, 1.54) is 11.1 Å². The minimum atomic E-state index is -0.529. The standard InChI is InChI=1S/C45H30N2O/c1-3-13-33(14-4-1)43-37-17-7-10-20-40(37)46-44(47-43)34-25-23-31(24-26-34)32-27-29-36(30-28-32)45(35-15-5-2-6-16-35)38-18-8-11-21-41(38)48-42-22-12-9-19-39(42)45/h1-30H. The molecule has 48 heavy (non-hydrogen) atoms. The first kappa shape index (κ1) is 27.9. The monoisotopic (exact) mass is 614 g/mol. The first-order chi connectivity index (χ1) is 23.8. The van der Waals surface area contributed by atoms with Crippen LogP contribution in [0.2, 0.25) is 0 Å². The number of rotatable bonds is 5. The average Bonchev–Trinajstić information content (AvgIpc) is 3.17. The van der Waals surface area contributed by atoms with Gasteiger partial charge in [0.1, 0.15) is 11.5 Å². The van der Waals surface area contributed by atoms with E-state index in [-0.39, 0.29) is 0 Å². The van der Waals surface area contributed by atoms with Crippen LogP contribution in [0.1, 0.15) is 22.3 Å². The highest BCUT2D eigenvalue weighted by molar-refractivity contribution is 5.93. The molecule has 3 nitrogen and oxygen atoms in total. The topological polar surface area (TPSA) is 35.0 Å². The molecule has 0 N–H and O–H groups in total. The van der Waals surface area contributed by atoms with E-state index in [1.54, 1.807) is 0 Å². The lowest BCUT2D eigenvalue weighted by molar-refractivity contribution is 0.434. The number of fused-ring (bicyclic) bond motifs is 3. The Morgan fingerprint density at radius 1 is 0.375 bits per heavy atom. The van der Waals surface area contributed by atoms with Crippen molar-refractivity contribution in [3.63, 3.8) is 0 Å². The fraction of sp³-hybridized carbons (Fsp3) is 0.0222. The van der Waals surface area contributed by atoms with Crippen molar-refractivity contribution in [3.05, 3.63) is 204 Å². The second kappa shape index (κ2) is 11.5. The molecule has 0 unspecified atom stereocenters. The van der Waals surface area contributed by atoms with Gasteiger partial charge in [0.05, 0.1) is 16.6 Å². The molecule has 8 aromatic rings. The van der Waals surface area contributed by atoms with Gasteiger partial charge in [-0.05, 0) is 40.5 Å². The van der Waals surface area contributed by atoms with Crippen LogP contribution in [-0.2, 0) is 5.41 Å². The van der Waals surface area contributed by atoms with Gasteiger partial charge in [0.2, 0.25) is 0 Å². The Morgan fingerprint density at radius 2 is 0.875 bits per heavy atom. The van der Waals surface area contributed by atoms with Gasteiger partial charge in [0.15, 0.2) is 5.82 Å². The lowest BCUT2D eigenvalue weighted by atomic mass is 9.63. The molecule has 1 aliphatic heterocycles. The summed E-state index contributed by atoms with van der Waals surface area (Å²) in [5.74, 6) is 2.48. The Hall–Kier alpha value is -6.32. The third-order valence-electron chi connectivity index (χ3n) is 9.45. The zero-order valence-electron chi connectivity index (χ0n) is 26.1. The summed E-state index contributed by atoms with van der Waals surface area (Å²) in [7, 11) is 0. The fourth-order valence-corrected chi connectivity index (χ4v) is 7.22. The van der Waals surface area contributed by atoms with Crippen molar-refractivity contribution in [1.29, 1.82) is 0 Å². The van der Waals surface area contributed by atoms with E-state index in [9.17, 15) is 0 Å². The molecule has 0 atom stereocenters. The maximum absolute atomic E-state index is 6.46. The van der Waals surface area contributed by atoms with Crippen molar-refractivity contribution in [2.24, 2.45) is 0 Å². The van der Waals surface area contributed by atoms with Crippen LogP contribution in [0.25, 0.3) is 44.7 Å². The fourth-order valence-electron chi connectivity index (χ4n) is 7.22. The minimum absolute atomic E-state index is 0.529. The number of ether oxygens (including phenoxy) is 1. The van der Waals surface area contributed by atoms with Crippen LogP contribution >= 0.6 is 0 Å². The predicted octanol–water partition coefficient (Wildman–Crippen LogP) is 11.1. The predicted molar refractivity (Wildman–Crippen MR) is 194 cm³/mol. The number of benzene rings is 7. The van der Waals surface area contributed by atoms with E-state index >= 15 is 0 Å². The number of para-hydroxylation sites is 3. The van der Waals surface area contributed by atoms with Gasteiger partial charge in [-0.25, -0.2) is 9.97 Å². The molecule has 0 fully saturated rings. The van der Waals surface area contributed by atoms with E-state index in [1.807, 2.05) is 42.5 Å². The van der Waals surface area contributed by atoms with E-state index < -0.39 is 5.41 Å². The number of nitrogens with zero attached hydrogens (tertiary/aromatic N) is 2. The largest absolute Gasteiger partial charge is 0.457 e. The average molecular weight is 615 g/mol. The Labute approximate surface area is 279 Å². The molecule has 9 rings (SSSR count). The van der Waals surface area contributed by atoms with Gasteiger partial charge >= 0.3 is 0 Å². The molecule has 1 aromatic heterocycles. The lowest BCUT2D eigenvalue weighted by Crippen LogP contribution is -2.34. The maximum Gasteiger partial charge on any atom is 0.160 e. The summed E-state index contributed by atoms with van der Waals surface area (Å²) in [5.41, 5.74) is 10.4. The summed E-state index contributed by atoms with van der Waals surface area (Å²) in [6.45, 7) is 0. The highest BCUT2D eigenvalue weighted by atomic mass is 16.5. The third-order valence-corrected chi connectivity index (χ3v) is 9.45. The van der Waals surface area contributed by atoms with Gasteiger partial charge in [-0.3, -0.25) is 0 Å². The molecular formula is C45H30N2O. The summed E-state index contributed by atoms with van der Waals surface area (Å²) in [6.07, 6.45) is 0. The first-order valence-electron chi connectivity index (χ1n) is 16.2. The Morgan fingerprint density at radius 3 is 1.54 bits per heavy atom. The van der Waals surface area contributed by atoms with Gasteiger partial charge in [-0.2, -0.15) is 0 Å². The quantitative estimate of drug-likeness (QED) is 0.193. The van der Waals surface area contributed by atoms with E-state index in [0.717, 1.165) is 67.3 Å². The molecule has 0 amide bonds. The molecule has 7 aromatic carbocycles. The van der Waals surface area contributed by atoms with E-state index in [2.05, 4.69) is 140 Å². The van der Waals surface area contributed by atoms with E-state index in [0.29, 0.717) is 0 Å². The molecule has 2 heterocycles. The van der Waals surface area contributed by atoms with Crippen LogP contribution in [0.5, 0.6) is 11.5 Å². The van der Waals surface area contributed by atoms with Crippen molar-refractivity contribution in [2.75, 3.05) is 0 Å². The summed E-state index contributed by atoms with van der Waals surface area (Å²) >= 11 is 0. The molecule has 0 aliphatic carbocycles. The highest BCUT2D eigenvalue weighted by Gasteiger charge is 2.45. The molecule has 3 heteroatoms. The van der Waals surface area contributed by atoms with Gasteiger partial charge in [0.25, 0.3) is 0 Å². The minimum Gasteiger partial charge on any atom is -0.457 e. The third kappa shape index (κ3) is 4.51. The van der Waals surface area contributed by atoms with Gasteiger partial charge in [-0.1, -0.05) is 164 Å². The van der Waals surface area contributed by atoms with Crippen LogP contribution in [0.15, 0.2) is 182 Å². The number of aromatic nitrogens is 2. The lowest BCUT2D eigenvalue weighted by Gasteiger charge is -2.41. The van der Waals surface area contributed by atoms with Crippen molar-refractivity contribution < 1.29 is 4.74 Å². The summed E-state index contributed by atoms with van der Waals surface area (Å²) in [4.78, 5) is 10.0. The number of hydrogen-bond donors (Lipinski definition) is 0. The molecule has 0 saturated carbocycles. The van der Waals surface area contributed by atoms with Crippen molar-refractivity contribution in [2.45, 2.75) is 5.41 Å². The Bertz CT molecular complexity index is 2360. The SMILES string of the molecule is c1ccc(-c2nc(-c3ccc(-c4ccc(C5(c6ccccc6)c6ccccc6Oc6ccccc65)cc4)cc3)nc3ccccc23)cc1. The zero-order valence-corrected chi connectivity index (χ0v) is 26.1. The molecule has 0 radical (unpaired) electrons. The van der Waals surface area contributed by atoms with Crippen LogP contribution in [0, 0.1) is 0 Å². The summed E-state index contributed by atoms with van der Waals surface area (Å²) < 4.78 is 6.46. The van der Waals surface area contributed by atoms with Gasteiger partial charge in [0, 0.05) is 27.6 Å². The Kier molecular flexibility index (Phi) is 6.69. The first-order valence-corrected chi connectivity index (χ1v) is 16.2. The highest BCUT2D eigenvalue weighted by Crippen LogP contribution is 2.55. The molecule has 0 bridgehead atoms. The molecule has 226 valence electrons. The van der Waals surface area contributed by atoms with Gasteiger partial charge < -0.3 is 4.74 Å². The molecule has 0 spiro atoms. The molecule has 0 saturated heterocycles. The van der Waals surface area contributed by atoms with Crippen LogP contribution in [0.3, 0.4) is 0 Å². The second-order valence-electron chi connectivity index (χ2n) is 12.1. The van der Waals surface area contributed by atoms with Crippen LogP contribution in [0.4, 0.5) is 0 Å². The van der Waals surface area contributed by atoms with Gasteiger partial charge in [-0.15, -0.1) is 0 Å². The van der Waals surface area contributed by atoms with Crippen molar-refractivity contribution in [3.8, 4) is 45.3 Å². The normalized spacial score (nSPS) is 12.9. The Balaban J connectivity index is 1.12. The van der Waals surface area contributed by atoms with Crippen molar-refractivity contribution in [1.82, 2.24) is 9.97 Å². The smallest absolute Gasteiger partial charge is 0.160 e. The van der Waals surface area contributed by atoms with E-state index in [4.69, 9.17) is 14.7 Å². The zero-order chi connectivity index (χ0) is 31.9. The number of hydrogen-bond acceptors (Lipinski definition) is 3. The second-order valence-corrected chi connectivity index (χ2v) is 12.1. The maximum atomic E-state index is 6.46. The summed E-state index contributed by atoms with van der Waals surface area (Å²) in [6, 6.07) is 63.7. The van der Waals surface area contributed by atoms with Crippen LogP contribution in [-0.4, -0.2) is 9.97 Å². The van der Waals surface area contributed by atoms with Crippen molar-refractivity contribution >= 4 is 10.9 Å². The molecular weight excluding hydrogens is 585 g/mol. The summed E-state index contributed by atoms with van der Waals surface area (Å²) in [5, 5.41) is 1.05. The molecule has 1 aliphatic rings.